The number of aryl methyl sites for hydroxylation is 1. The number of hydrogen-bond donors (Lipinski definition) is 2. The van der Waals surface area contributed by atoms with Gasteiger partial charge in [0.15, 0.2) is 0 Å². The van der Waals surface area contributed by atoms with E-state index in [4.69, 9.17) is 10.8 Å². The summed E-state index contributed by atoms with van der Waals surface area (Å²) in [7, 11) is 0. The number of hydrogen-bond acceptors (Lipinski definition) is 2. The Morgan fingerprint density at radius 3 is 2.83 bits per heavy atom. The van der Waals surface area contributed by atoms with Gasteiger partial charge < -0.3 is 10.8 Å². The van der Waals surface area contributed by atoms with Crippen LogP contribution in [-0.2, 0) is 0 Å². The zero-order chi connectivity index (χ0) is 9.14. The van der Waals surface area contributed by atoms with Gasteiger partial charge in [-0.1, -0.05) is 33.6 Å². The predicted molar refractivity (Wildman–Crippen MR) is 52.9 cm³/mol. The van der Waals surface area contributed by atoms with E-state index in [1.807, 2.05) is 25.1 Å². The van der Waals surface area contributed by atoms with Crippen molar-refractivity contribution in [2.45, 2.75) is 13.0 Å². The molecule has 0 bridgehead atoms. The number of aliphatic hydroxyl groups is 1. The molecule has 0 saturated heterocycles. The maximum atomic E-state index is 8.86. The van der Waals surface area contributed by atoms with Crippen molar-refractivity contribution >= 4 is 15.9 Å². The third-order valence-electron chi connectivity index (χ3n) is 1.75. The van der Waals surface area contributed by atoms with Gasteiger partial charge >= 0.3 is 0 Å². The minimum atomic E-state index is -0.292. The first-order chi connectivity index (χ1) is 5.65. The fraction of sp³-hybridized carbons (Fsp3) is 0.333. The molecule has 12 heavy (non-hydrogen) atoms. The van der Waals surface area contributed by atoms with Gasteiger partial charge in [-0.05, 0) is 18.6 Å². The molecular formula is C9H12BrNO. The van der Waals surface area contributed by atoms with Gasteiger partial charge in [0.1, 0.15) is 0 Å². The molecule has 1 aromatic carbocycles. The average molecular weight is 230 g/mol. The lowest BCUT2D eigenvalue weighted by Gasteiger charge is -2.11. The van der Waals surface area contributed by atoms with Crippen molar-refractivity contribution in [3.63, 3.8) is 0 Å². The summed E-state index contributed by atoms with van der Waals surface area (Å²) in [6, 6.07) is 5.63. The molecular weight excluding hydrogens is 218 g/mol. The summed E-state index contributed by atoms with van der Waals surface area (Å²) in [4.78, 5) is 0. The Hall–Kier alpha value is -0.380. The molecule has 0 spiro atoms. The summed E-state index contributed by atoms with van der Waals surface area (Å²) < 4.78 is 0.953. The molecule has 66 valence electrons. The van der Waals surface area contributed by atoms with E-state index in [0.29, 0.717) is 0 Å². The fourth-order valence-corrected chi connectivity index (χ4v) is 1.59. The molecule has 0 aliphatic rings. The Labute approximate surface area is 80.5 Å². The zero-order valence-corrected chi connectivity index (χ0v) is 8.51. The minimum absolute atomic E-state index is 0.0257. The van der Waals surface area contributed by atoms with Gasteiger partial charge in [-0.15, -0.1) is 0 Å². The Morgan fingerprint density at radius 1 is 1.58 bits per heavy atom. The van der Waals surface area contributed by atoms with Gasteiger partial charge in [0.25, 0.3) is 0 Å². The van der Waals surface area contributed by atoms with Crippen LogP contribution in [0.1, 0.15) is 17.2 Å². The van der Waals surface area contributed by atoms with Crippen molar-refractivity contribution in [3.8, 4) is 0 Å². The van der Waals surface area contributed by atoms with Crippen molar-refractivity contribution in [2.75, 3.05) is 6.61 Å². The molecule has 0 saturated carbocycles. The summed E-state index contributed by atoms with van der Waals surface area (Å²) >= 11 is 3.38. The lowest BCUT2D eigenvalue weighted by molar-refractivity contribution is 0.267. The minimum Gasteiger partial charge on any atom is -0.394 e. The van der Waals surface area contributed by atoms with Crippen molar-refractivity contribution in [2.24, 2.45) is 5.73 Å². The van der Waals surface area contributed by atoms with Gasteiger partial charge in [-0.2, -0.15) is 0 Å². The normalized spacial score (nSPS) is 13.0. The monoisotopic (exact) mass is 229 g/mol. The van der Waals surface area contributed by atoms with Crippen LogP contribution in [0.25, 0.3) is 0 Å². The second kappa shape index (κ2) is 4.03. The molecule has 0 fully saturated rings. The Morgan fingerprint density at radius 2 is 2.25 bits per heavy atom. The van der Waals surface area contributed by atoms with Gasteiger partial charge in [-0.3, -0.25) is 0 Å². The van der Waals surface area contributed by atoms with Gasteiger partial charge in [0.05, 0.1) is 12.6 Å². The first-order valence-corrected chi connectivity index (χ1v) is 4.57. The summed E-state index contributed by atoms with van der Waals surface area (Å²) in [5.41, 5.74) is 7.79. The topological polar surface area (TPSA) is 46.2 Å². The van der Waals surface area contributed by atoms with Crippen LogP contribution in [0.3, 0.4) is 0 Å². The second-order valence-corrected chi connectivity index (χ2v) is 3.67. The van der Waals surface area contributed by atoms with E-state index in [2.05, 4.69) is 15.9 Å². The molecule has 3 heteroatoms. The molecule has 1 atom stereocenters. The first kappa shape index (κ1) is 9.71. The van der Waals surface area contributed by atoms with Crippen molar-refractivity contribution < 1.29 is 5.11 Å². The number of nitrogens with two attached hydrogens (primary N) is 1. The highest BCUT2D eigenvalue weighted by atomic mass is 79.9. The third kappa shape index (κ3) is 2.06. The second-order valence-electron chi connectivity index (χ2n) is 2.81. The fourth-order valence-electron chi connectivity index (χ4n) is 1.05. The highest BCUT2D eigenvalue weighted by Crippen LogP contribution is 2.22. The maximum Gasteiger partial charge on any atom is 0.0624 e. The molecule has 0 aliphatic carbocycles. The lowest BCUT2D eigenvalue weighted by atomic mass is 10.1. The third-order valence-corrected chi connectivity index (χ3v) is 2.47. The van der Waals surface area contributed by atoms with Crippen LogP contribution in [0, 0.1) is 6.92 Å². The SMILES string of the molecule is Cc1ccc(Br)c([C@@H](N)CO)c1. The molecule has 0 aliphatic heterocycles. The van der Waals surface area contributed by atoms with Crippen molar-refractivity contribution in [1.29, 1.82) is 0 Å². The molecule has 3 N–H and O–H groups in total. The highest BCUT2D eigenvalue weighted by Gasteiger charge is 2.07. The van der Waals surface area contributed by atoms with Crippen molar-refractivity contribution in [1.82, 2.24) is 0 Å². The molecule has 0 unspecified atom stereocenters. The van der Waals surface area contributed by atoms with Gasteiger partial charge in [0.2, 0.25) is 0 Å². The summed E-state index contributed by atoms with van der Waals surface area (Å²) in [6.07, 6.45) is 0. The van der Waals surface area contributed by atoms with Crippen LogP contribution in [0.15, 0.2) is 22.7 Å². The Balaban J connectivity index is 3.04. The van der Waals surface area contributed by atoms with Crippen LogP contribution in [0.5, 0.6) is 0 Å². The largest absolute Gasteiger partial charge is 0.394 e. The highest BCUT2D eigenvalue weighted by molar-refractivity contribution is 9.10. The quantitative estimate of drug-likeness (QED) is 0.812. The molecule has 0 aromatic heterocycles. The summed E-state index contributed by atoms with van der Waals surface area (Å²) in [5.74, 6) is 0. The van der Waals surface area contributed by atoms with E-state index in [1.54, 1.807) is 0 Å². The zero-order valence-electron chi connectivity index (χ0n) is 6.92. The average Bonchev–Trinajstić information content (AvgIpc) is 2.08. The number of benzene rings is 1. The standard InChI is InChI=1S/C9H12BrNO/c1-6-2-3-8(10)7(4-6)9(11)5-12/h2-4,9,12H,5,11H2,1H3/t9-/m0/s1. The molecule has 2 nitrogen and oxygen atoms in total. The van der Waals surface area contributed by atoms with Crippen LogP contribution < -0.4 is 5.73 Å². The van der Waals surface area contributed by atoms with Gasteiger partial charge in [0, 0.05) is 4.47 Å². The number of rotatable bonds is 2. The van der Waals surface area contributed by atoms with Crippen LogP contribution in [-0.4, -0.2) is 11.7 Å². The molecule has 1 aromatic rings. The first-order valence-electron chi connectivity index (χ1n) is 3.77. The molecule has 0 amide bonds. The van der Waals surface area contributed by atoms with Crippen LogP contribution in [0.4, 0.5) is 0 Å². The van der Waals surface area contributed by atoms with E-state index < -0.39 is 0 Å². The van der Waals surface area contributed by atoms with E-state index >= 15 is 0 Å². The van der Waals surface area contributed by atoms with E-state index in [-0.39, 0.29) is 12.6 Å². The van der Waals surface area contributed by atoms with E-state index in [9.17, 15) is 0 Å². The van der Waals surface area contributed by atoms with Crippen LogP contribution >= 0.6 is 15.9 Å². The Bertz CT molecular complexity index is 275. The number of halogens is 1. The lowest BCUT2D eigenvalue weighted by Crippen LogP contribution is -2.15. The molecule has 0 radical (unpaired) electrons. The van der Waals surface area contributed by atoms with Gasteiger partial charge in [-0.25, -0.2) is 0 Å². The number of aliphatic hydroxyl groups excluding tert-OH is 1. The molecule has 0 heterocycles. The smallest absolute Gasteiger partial charge is 0.0624 e. The summed E-state index contributed by atoms with van der Waals surface area (Å²) in [5, 5.41) is 8.86. The summed E-state index contributed by atoms with van der Waals surface area (Å²) in [6.45, 7) is 1.97. The molecule has 1 rings (SSSR count). The maximum absolute atomic E-state index is 8.86. The van der Waals surface area contributed by atoms with Crippen molar-refractivity contribution in [3.05, 3.63) is 33.8 Å². The van der Waals surface area contributed by atoms with Crippen LogP contribution in [0.2, 0.25) is 0 Å². The predicted octanol–water partition coefficient (Wildman–Crippen LogP) is 1.75. The Kier molecular flexibility index (Phi) is 3.26. The van der Waals surface area contributed by atoms with E-state index in [1.165, 1.54) is 0 Å². The van der Waals surface area contributed by atoms with E-state index in [0.717, 1.165) is 15.6 Å².